The molecular formula is C14H29P. The fraction of sp³-hybridized carbons (Fsp3) is 1.00. The van der Waals surface area contributed by atoms with Crippen molar-refractivity contribution in [3.8, 4) is 0 Å². The SMILES string of the molecule is C[PH](C)(C1CCCCC1)C1CCCCC1. The van der Waals surface area contributed by atoms with Crippen molar-refractivity contribution in [2.75, 3.05) is 13.3 Å². The topological polar surface area (TPSA) is 0 Å². The zero-order valence-electron chi connectivity index (χ0n) is 10.7. The van der Waals surface area contributed by atoms with E-state index in [0.29, 0.717) is 0 Å². The molecule has 2 aliphatic rings. The molecule has 0 aromatic rings. The molecule has 2 fully saturated rings. The maximum absolute atomic E-state index is 2.71. The van der Waals surface area contributed by atoms with Crippen LogP contribution < -0.4 is 0 Å². The quantitative estimate of drug-likeness (QED) is 0.603. The van der Waals surface area contributed by atoms with Gasteiger partial charge in [0.1, 0.15) is 0 Å². The zero-order chi connectivity index (χ0) is 10.7. The summed E-state index contributed by atoms with van der Waals surface area (Å²) in [7, 11) is -0.902. The van der Waals surface area contributed by atoms with Gasteiger partial charge in [0.15, 0.2) is 0 Å². The molecule has 0 atom stereocenters. The van der Waals surface area contributed by atoms with Crippen LogP contribution in [0, 0.1) is 0 Å². The molecule has 0 unspecified atom stereocenters. The van der Waals surface area contributed by atoms with E-state index in [4.69, 9.17) is 0 Å². The Bertz CT molecular complexity index is 166. The van der Waals surface area contributed by atoms with Gasteiger partial charge in [0.05, 0.1) is 0 Å². The van der Waals surface area contributed by atoms with Crippen molar-refractivity contribution in [2.45, 2.75) is 75.5 Å². The van der Waals surface area contributed by atoms with Crippen molar-refractivity contribution in [1.82, 2.24) is 0 Å². The van der Waals surface area contributed by atoms with Gasteiger partial charge in [0.25, 0.3) is 0 Å². The van der Waals surface area contributed by atoms with Crippen LogP contribution in [0.15, 0.2) is 0 Å². The van der Waals surface area contributed by atoms with Gasteiger partial charge in [-0.15, -0.1) is 0 Å². The molecular weight excluding hydrogens is 199 g/mol. The fourth-order valence-corrected chi connectivity index (χ4v) is 8.49. The minimum absolute atomic E-state index is 0.902. The van der Waals surface area contributed by atoms with Crippen LogP contribution in [0.5, 0.6) is 0 Å². The summed E-state index contributed by atoms with van der Waals surface area (Å²) in [6.45, 7) is 5.41. The van der Waals surface area contributed by atoms with Crippen LogP contribution in [-0.2, 0) is 0 Å². The average molecular weight is 228 g/mol. The molecule has 0 N–H and O–H groups in total. The van der Waals surface area contributed by atoms with Gasteiger partial charge in [-0.3, -0.25) is 0 Å². The summed E-state index contributed by atoms with van der Waals surface area (Å²) in [5.41, 5.74) is 2.35. The summed E-state index contributed by atoms with van der Waals surface area (Å²) in [6, 6.07) is 0. The van der Waals surface area contributed by atoms with Crippen LogP contribution in [0.2, 0.25) is 0 Å². The molecule has 0 amide bonds. The van der Waals surface area contributed by atoms with Gasteiger partial charge in [-0.05, 0) is 0 Å². The van der Waals surface area contributed by atoms with E-state index >= 15 is 0 Å². The maximum atomic E-state index is 2.71. The van der Waals surface area contributed by atoms with Crippen LogP contribution in [0.1, 0.15) is 64.2 Å². The van der Waals surface area contributed by atoms with E-state index in [1.54, 1.807) is 25.7 Å². The standard InChI is InChI=1S/C14H29P/c1-15(2,13-9-5-3-6-10-13)14-11-7-4-8-12-14/h13-15H,3-12H2,1-2H3. The molecule has 90 valence electrons. The van der Waals surface area contributed by atoms with Gasteiger partial charge in [-0.1, -0.05) is 0 Å². The van der Waals surface area contributed by atoms with Crippen LogP contribution in [0.4, 0.5) is 0 Å². The van der Waals surface area contributed by atoms with Crippen molar-refractivity contribution >= 4 is 7.26 Å². The summed E-state index contributed by atoms with van der Waals surface area (Å²) in [4.78, 5) is 0. The number of rotatable bonds is 2. The van der Waals surface area contributed by atoms with Gasteiger partial charge >= 0.3 is 96.1 Å². The Kier molecular flexibility index (Phi) is 4.10. The van der Waals surface area contributed by atoms with E-state index in [1.165, 1.54) is 49.8 Å². The molecule has 0 bridgehead atoms. The van der Waals surface area contributed by atoms with E-state index < -0.39 is 7.26 Å². The first-order chi connectivity index (χ1) is 7.21. The number of hydrogen-bond acceptors (Lipinski definition) is 0. The molecule has 2 aliphatic carbocycles. The Balaban J connectivity index is 1.96. The normalized spacial score (nSPS) is 27.9. The van der Waals surface area contributed by atoms with E-state index in [2.05, 4.69) is 13.3 Å². The molecule has 0 nitrogen and oxygen atoms in total. The van der Waals surface area contributed by atoms with Crippen molar-refractivity contribution in [2.24, 2.45) is 0 Å². The van der Waals surface area contributed by atoms with Crippen molar-refractivity contribution in [3.05, 3.63) is 0 Å². The molecule has 0 spiro atoms. The third-order valence-corrected chi connectivity index (χ3v) is 10.7. The Labute approximate surface area is 96.6 Å². The summed E-state index contributed by atoms with van der Waals surface area (Å²) in [5.74, 6) is 0. The van der Waals surface area contributed by atoms with E-state index in [1.807, 2.05) is 0 Å². The summed E-state index contributed by atoms with van der Waals surface area (Å²) >= 11 is 0. The molecule has 1 heteroatoms. The third-order valence-electron chi connectivity index (χ3n) is 5.31. The van der Waals surface area contributed by atoms with Gasteiger partial charge in [0.2, 0.25) is 0 Å². The second-order valence-corrected chi connectivity index (χ2v) is 11.8. The monoisotopic (exact) mass is 228 g/mol. The second-order valence-electron chi connectivity index (χ2n) is 6.49. The molecule has 15 heavy (non-hydrogen) atoms. The summed E-state index contributed by atoms with van der Waals surface area (Å²) in [5, 5.41) is 0. The fourth-order valence-electron chi connectivity index (χ4n) is 4.03. The second kappa shape index (κ2) is 5.17. The van der Waals surface area contributed by atoms with Crippen LogP contribution in [-0.4, -0.2) is 24.6 Å². The van der Waals surface area contributed by atoms with Gasteiger partial charge in [-0.2, -0.15) is 0 Å². The van der Waals surface area contributed by atoms with Gasteiger partial charge in [-0.25, -0.2) is 0 Å². The molecule has 0 saturated heterocycles. The first kappa shape index (κ1) is 11.9. The van der Waals surface area contributed by atoms with Crippen LogP contribution >= 0.6 is 7.26 Å². The summed E-state index contributed by atoms with van der Waals surface area (Å²) < 4.78 is 0. The van der Waals surface area contributed by atoms with Crippen molar-refractivity contribution in [1.29, 1.82) is 0 Å². The van der Waals surface area contributed by atoms with Gasteiger partial charge < -0.3 is 0 Å². The Morgan fingerprint density at radius 2 is 0.933 bits per heavy atom. The van der Waals surface area contributed by atoms with Crippen molar-refractivity contribution < 1.29 is 0 Å². The van der Waals surface area contributed by atoms with E-state index in [9.17, 15) is 0 Å². The predicted molar refractivity (Wildman–Crippen MR) is 73.9 cm³/mol. The minimum atomic E-state index is -0.902. The molecule has 0 aliphatic heterocycles. The van der Waals surface area contributed by atoms with Crippen LogP contribution in [0.3, 0.4) is 0 Å². The molecule has 0 radical (unpaired) electrons. The first-order valence-corrected chi connectivity index (χ1v) is 10.4. The molecule has 0 aromatic heterocycles. The Morgan fingerprint density at radius 1 is 0.600 bits per heavy atom. The summed E-state index contributed by atoms with van der Waals surface area (Å²) in [6.07, 6.45) is 15.5. The molecule has 0 heterocycles. The third kappa shape index (κ3) is 2.76. The molecule has 2 saturated carbocycles. The number of hydrogen-bond donors (Lipinski definition) is 0. The van der Waals surface area contributed by atoms with Crippen molar-refractivity contribution in [3.63, 3.8) is 0 Å². The molecule has 2 rings (SSSR count). The zero-order valence-corrected chi connectivity index (χ0v) is 11.7. The van der Waals surface area contributed by atoms with Crippen LogP contribution in [0.25, 0.3) is 0 Å². The Morgan fingerprint density at radius 3 is 1.27 bits per heavy atom. The van der Waals surface area contributed by atoms with E-state index in [0.717, 1.165) is 0 Å². The average Bonchev–Trinajstić information content (AvgIpc) is 2.31. The first-order valence-electron chi connectivity index (χ1n) is 7.21. The van der Waals surface area contributed by atoms with Gasteiger partial charge in [0, 0.05) is 0 Å². The predicted octanol–water partition coefficient (Wildman–Crippen LogP) is 4.66. The van der Waals surface area contributed by atoms with E-state index in [-0.39, 0.29) is 0 Å². The molecule has 0 aromatic carbocycles. The Hall–Kier alpha value is 0.430.